The van der Waals surface area contributed by atoms with E-state index in [1.165, 1.54) is 32.1 Å². The van der Waals surface area contributed by atoms with E-state index in [0.717, 1.165) is 62.7 Å². The maximum Gasteiger partial charge on any atom is 0.304 e. The number of likely N-dealkylation sites (N-methyl/N-ethyl adjacent to an activating group) is 1. The van der Waals surface area contributed by atoms with Gasteiger partial charge < -0.3 is 19.4 Å². The summed E-state index contributed by atoms with van der Waals surface area (Å²) in [6.45, 7) is 3.76. The minimum absolute atomic E-state index is 0.0185. The smallest absolute Gasteiger partial charge is 0.304 e. The fourth-order valence-electron chi connectivity index (χ4n) is 5.00. The first kappa shape index (κ1) is 22.7. The molecule has 2 aromatic heterocycles. The SMILES string of the molecule is CN1CCN(c2ncccc2-c2noc(C(CCCC3CCCCC3)CC(=O)O)n2)CC1. The monoisotopic (exact) mass is 441 g/mol. The molecule has 1 saturated carbocycles. The van der Waals surface area contributed by atoms with Crippen LogP contribution in [-0.4, -0.2) is 64.3 Å². The Morgan fingerprint density at radius 1 is 1.22 bits per heavy atom. The fourth-order valence-corrected chi connectivity index (χ4v) is 5.00. The third-order valence-corrected chi connectivity index (χ3v) is 6.93. The predicted molar refractivity (Wildman–Crippen MR) is 123 cm³/mol. The van der Waals surface area contributed by atoms with Crippen molar-refractivity contribution in [2.75, 3.05) is 38.1 Å². The van der Waals surface area contributed by atoms with E-state index < -0.39 is 5.97 Å². The molecule has 174 valence electrons. The lowest BCUT2D eigenvalue weighted by Crippen LogP contribution is -2.45. The summed E-state index contributed by atoms with van der Waals surface area (Å²) in [6, 6.07) is 3.84. The number of nitrogens with zero attached hydrogens (tertiary/aromatic N) is 5. The Hall–Kier alpha value is -2.48. The highest BCUT2D eigenvalue weighted by atomic mass is 16.5. The van der Waals surface area contributed by atoms with Crippen LogP contribution in [-0.2, 0) is 4.79 Å². The first-order chi connectivity index (χ1) is 15.6. The van der Waals surface area contributed by atoms with Gasteiger partial charge in [0.1, 0.15) is 5.82 Å². The maximum absolute atomic E-state index is 11.5. The quantitative estimate of drug-likeness (QED) is 0.619. The lowest BCUT2D eigenvalue weighted by atomic mass is 9.84. The molecule has 8 nitrogen and oxygen atoms in total. The zero-order valence-electron chi connectivity index (χ0n) is 19.1. The van der Waals surface area contributed by atoms with Crippen molar-refractivity contribution < 1.29 is 14.4 Å². The lowest BCUT2D eigenvalue weighted by Gasteiger charge is -2.33. The van der Waals surface area contributed by atoms with E-state index in [9.17, 15) is 9.90 Å². The van der Waals surface area contributed by atoms with E-state index in [1.807, 2.05) is 12.1 Å². The molecule has 8 heteroatoms. The molecule has 1 N–H and O–H groups in total. The van der Waals surface area contributed by atoms with E-state index in [0.29, 0.717) is 11.7 Å². The highest BCUT2D eigenvalue weighted by Gasteiger charge is 2.26. The summed E-state index contributed by atoms with van der Waals surface area (Å²) >= 11 is 0. The zero-order valence-corrected chi connectivity index (χ0v) is 19.1. The van der Waals surface area contributed by atoms with Crippen LogP contribution < -0.4 is 4.90 Å². The van der Waals surface area contributed by atoms with Gasteiger partial charge in [-0.1, -0.05) is 50.1 Å². The summed E-state index contributed by atoms with van der Waals surface area (Å²) in [5.74, 6) is 1.49. The van der Waals surface area contributed by atoms with Crippen molar-refractivity contribution in [3.8, 4) is 11.4 Å². The van der Waals surface area contributed by atoms with Gasteiger partial charge in [-0.3, -0.25) is 4.79 Å². The Labute approximate surface area is 190 Å². The van der Waals surface area contributed by atoms with Gasteiger partial charge in [-0.2, -0.15) is 4.98 Å². The summed E-state index contributed by atoms with van der Waals surface area (Å²) in [5.41, 5.74) is 0.836. The number of carboxylic acid groups (broad SMARTS) is 1. The third-order valence-electron chi connectivity index (χ3n) is 6.93. The number of rotatable bonds is 9. The van der Waals surface area contributed by atoms with Crippen molar-refractivity contribution >= 4 is 11.8 Å². The van der Waals surface area contributed by atoms with Gasteiger partial charge in [0, 0.05) is 38.3 Å². The van der Waals surface area contributed by atoms with E-state index in [-0.39, 0.29) is 12.3 Å². The molecular weight excluding hydrogens is 406 g/mol. The average Bonchev–Trinajstić information content (AvgIpc) is 3.30. The number of carboxylic acids is 1. The molecular formula is C24H35N5O3. The lowest BCUT2D eigenvalue weighted by molar-refractivity contribution is -0.137. The first-order valence-corrected chi connectivity index (χ1v) is 12.0. The average molecular weight is 442 g/mol. The highest BCUT2D eigenvalue weighted by molar-refractivity contribution is 5.71. The van der Waals surface area contributed by atoms with Crippen LogP contribution in [0.3, 0.4) is 0 Å². The number of piperazine rings is 1. The molecule has 0 bridgehead atoms. The van der Waals surface area contributed by atoms with Crippen molar-refractivity contribution in [1.82, 2.24) is 20.0 Å². The van der Waals surface area contributed by atoms with Crippen LogP contribution >= 0.6 is 0 Å². The molecule has 2 aromatic rings. The molecule has 3 heterocycles. The second-order valence-corrected chi connectivity index (χ2v) is 9.35. The van der Waals surface area contributed by atoms with Crippen molar-refractivity contribution in [2.45, 2.75) is 63.7 Å². The summed E-state index contributed by atoms with van der Waals surface area (Å²) in [5, 5.41) is 13.7. The van der Waals surface area contributed by atoms with Gasteiger partial charge >= 0.3 is 5.97 Å². The van der Waals surface area contributed by atoms with E-state index >= 15 is 0 Å². The standard InChI is InChI=1S/C24H35N5O3/c1-28-13-15-29(16-14-28)23-20(11-6-12-25-23)22-26-24(32-27-22)19(17-21(30)31)10-5-9-18-7-3-2-4-8-18/h6,11-12,18-19H,2-5,7-10,13-17H2,1H3,(H,30,31). The van der Waals surface area contributed by atoms with Crippen molar-refractivity contribution in [3.05, 3.63) is 24.2 Å². The molecule has 1 aliphatic carbocycles. The van der Waals surface area contributed by atoms with E-state index in [2.05, 4.69) is 32.0 Å². The molecule has 4 rings (SSSR count). The summed E-state index contributed by atoms with van der Waals surface area (Å²) in [4.78, 5) is 25.3. The Morgan fingerprint density at radius 2 is 2.00 bits per heavy atom. The molecule has 0 amide bonds. The molecule has 2 aliphatic rings. The number of pyridine rings is 1. The van der Waals surface area contributed by atoms with Gasteiger partial charge in [0.05, 0.1) is 12.0 Å². The van der Waals surface area contributed by atoms with Crippen LogP contribution in [0, 0.1) is 5.92 Å². The summed E-state index contributed by atoms with van der Waals surface area (Å²) in [7, 11) is 2.12. The number of aromatic nitrogens is 3. The number of aliphatic carboxylic acids is 1. The number of anilines is 1. The van der Waals surface area contributed by atoms with Gasteiger partial charge in [-0.15, -0.1) is 0 Å². The molecule has 1 atom stereocenters. The predicted octanol–water partition coefficient (Wildman–Crippen LogP) is 4.19. The van der Waals surface area contributed by atoms with Crippen LogP contribution in [0.25, 0.3) is 11.4 Å². The van der Waals surface area contributed by atoms with Gasteiger partial charge in [0.2, 0.25) is 11.7 Å². The maximum atomic E-state index is 11.5. The van der Waals surface area contributed by atoms with Gasteiger partial charge in [0.15, 0.2) is 0 Å². The van der Waals surface area contributed by atoms with Crippen LogP contribution in [0.2, 0.25) is 0 Å². The first-order valence-electron chi connectivity index (χ1n) is 12.0. The molecule has 1 unspecified atom stereocenters. The highest BCUT2D eigenvalue weighted by Crippen LogP contribution is 2.33. The summed E-state index contributed by atoms with van der Waals surface area (Å²) in [6.07, 6.45) is 11.4. The van der Waals surface area contributed by atoms with Crippen LogP contribution in [0.5, 0.6) is 0 Å². The van der Waals surface area contributed by atoms with Crippen LogP contribution in [0.1, 0.15) is 69.6 Å². The normalized spacial score (nSPS) is 19.2. The topological polar surface area (TPSA) is 95.6 Å². The molecule has 32 heavy (non-hydrogen) atoms. The minimum Gasteiger partial charge on any atom is -0.481 e. The Morgan fingerprint density at radius 3 is 2.75 bits per heavy atom. The van der Waals surface area contributed by atoms with Crippen LogP contribution in [0.15, 0.2) is 22.9 Å². The second-order valence-electron chi connectivity index (χ2n) is 9.35. The third kappa shape index (κ3) is 5.85. The number of carbonyl (C=O) groups is 1. The Bertz CT molecular complexity index is 872. The van der Waals surface area contributed by atoms with Crippen molar-refractivity contribution in [2.24, 2.45) is 5.92 Å². The van der Waals surface area contributed by atoms with Gasteiger partial charge in [-0.05, 0) is 31.5 Å². The number of hydrogen-bond donors (Lipinski definition) is 1. The fraction of sp³-hybridized carbons (Fsp3) is 0.667. The zero-order chi connectivity index (χ0) is 22.3. The van der Waals surface area contributed by atoms with Gasteiger partial charge in [-0.25, -0.2) is 4.98 Å². The Kier molecular flexibility index (Phi) is 7.73. The molecule has 1 saturated heterocycles. The van der Waals surface area contributed by atoms with E-state index in [1.54, 1.807) is 6.20 Å². The van der Waals surface area contributed by atoms with Gasteiger partial charge in [0.25, 0.3) is 0 Å². The minimum atomic E-state index is -0.827. The molecule has 0 radical (unpaired) electrons. The molecule has 2 fully saturated rings. The number of hydrogen-bond acceptors (Lipinski definition) is 7. The second kappa shape index (κ2) is 10.9. The molecule has 0 spiro atoms. The van der Waals surface area contributed by atoms with Crippen molar-refractivity contribution in [3.63, 3.8) is 0 Å². The largest absolute Gasteiger partial charge is 0.481 e. The molecule has 0 aromatic carbocycles. The van der Waals surface area contributed by atoms with Crippen LogP contribution in [0.4, 0.5) is 5.82 Å². The van der Waals surface area contributed by atoms with Crippen molar-refractivity contribution in [1.29, 1.82) is 0 Å². The molecule has 1 aliphatic heterocycles. The summed E-state index contributed by atoms with van der Waals surface area (Å²) < 4.78 is 5.61. The van der Waals surface area contributed by atoms with E-state index in [4.69, 9.17) is 4.52 Å². The Balaban J connectivity index is 1.46.